The van der Waals surface area contributed by atoms with Gasteiger partial charge in [0.2, 0.25) is 0 Å². The van der Waals surface area contributed by atoms with Crippen molar-refractivity contribution in [1.29, 1.82) is 0 Å². The highest BCUT2D eigenvalue weighted by Crippen LogP contribution is 2.36. The minimum atomic E-state index is 0.0959. The van der Waals surface area contributed by atoms with Crippen molar-refractivity contribution in [3.05, 3.63) is 176 Å². The van der Waals surface area contributed by atoms with Crippen LogP contribution in [0.2, 0.25) is 0 Å². The summed E-state index contributed by atoms with van der Waals surface area (Å²) in [6.45, 7) is 1.99. The van der Waals surface area contributed by atoms with Crippen molar-refractivity contribution >= 4 is 0 Å². The molecule has 6 rings (SSSR count). The third-order valence-corrected chi connectivity index (χ3v) is 9.29. The van der Waals surface area contributed by atoms with E-state index in [4.69, 9.17) is 0 Å². The fourth-order valence-electron chi connectivity index (χ4n) is 6.48. The van der Waals surface area contributed by atoms with Gasteiger partial charge in [0.25, 0.3) is 0 Å². The van der Waals surface area contributed by atoms with Crippen LogP contribution in [0.5, 0.6) is 34.5 Å². The smallest absolute Gasteiger partial charge is 0.122 e. The van der Waals surface area contributed by atoms with Gasteiger partial charge in [-0.2, -0.15) is 0 Å². The maximum atomic E-state index is 11.4. The topological polar surface area (TPSA) is 121 Å². The van der Waals surface area contributed by atoms with Gasteiger partial charge in [0.15, 0.2) is 0 Å². The molecule has 0 aliphatic rings. The van der Waals surface area contributed by atoms with E-state index in [-0.39, 0.29) is 40.9 Å². The maximum absolute atomic E-state index is 11.4. The Morgan fingerprint density at radius 2 is 0.510 bits per heavy atom. The lowest BCUT2D eigenvalue weighted by molar-refractivity contribution is 0.452. The number of benzene rings is 6. The minimum absolute atomic E-state index is 0.0959. The molecule has 6 N–H and O–H groups in total. The van der Waals surface area contributed by atoms with E-state index in [0.29, 0.717) is 82.2 Å². The lowest BCUT2D eigenvalue weighted by Gasteiger charge is -2.15. The number of rotatable bonds is 11. The first-order chi connectivity index (χ1) is 23.7. The van der Waals surface area contributed by atoms with Crippen molar-refractivity contribution in [3.8, 4) is 34.5 Å². The molecule has 0 heterocycles. The third-order valence-electron chi connectivity index (χ3n) is 9.29. The van der Waals surface area contributed by atoms with Crippen LogP contribution in [-0.4, -0.2) is 30.6 Å². The van der Waals surface area contributed by atoms with Crippen molar-refractivity contribution < 1.29 is 30.6 Å². The van der Waals surface area contributed by atoms with Crippen LogP contribution in [0.15, 0.2) is 115 Å². The van der Waals surface area contributed by atoms with Gasteiger partial charge in [-0.1, -0.05) is 116 Å². The standard InChI is InChI=1S/C43H40O6/c1-2-27-11-5-12-30(39(27)45)23-31-15-7-16-34(41(31)47)25-35-19-9-20-37(43(35)49)26-36-18-8-17-33(42(36)48)24-32-14-6-13-29(40(32)46)22-28-10-3-4-21-38(28)44/h3-21,44-49H,2,22-26H2,1H3. The van der Waals surface area contributed by atoms with Crippen molar-refractivity contribution in [1.82, 2.24) is 0 Å². The summed E-state index contributed by atoms with van der Waals surface area (Å²) in [7, 11) is 0. The van der Waals surface area contributed by atoms with Gasteiger partial charge in [0.1, 0.15) is 34.5 Å². The van der Waals surface area contributed by atoms with Gasteiger partial charge in [0, 0.05) is 32.1 Å². The number of phenolic OH excluding ortho intramolecular Hbond substituents is 6. The Hall–Kier alpha value is -5.88. The van der Waals surface area contributed by atoms with Crippen LogP contribution in [0, 0.1) is 0 Å². The van der Waals surface area contributed by atoms with Crippen LogP contribution in [0.1, 0.15) is 68.1 Å². The SMILES string of the molecule is CCc1cccc(Cc2cccc(Cc3cccc(Cc4cccc(Cc5cccc(Cc6ccccc6O)c5O)c4O)c3O)c2O)c1O. The number of aryl methyl sites for hydroxylation is 1. The second-order valence-corrected chi connectivity index (χ2v) is 12.5. The first kappa shape index (κ1) is 33.0. The van der Waals surface area contributed by atoms with Crippen molar-refractivity contribution in [2.45, 2.75) is 45.4 Å². The molecular weight excluding hydrogens is 612 g/mol. The van der Waals surface area contributed by atoms with Crippen LogP contribution in [-0.2, 0) is 38.5 Å². The summed E-state index contributed by atoms with van der Waals surface area (Å²) in [6, 6.07) is 34.7. The van der Waals surface area contributed by atoms with Crippen LogP contribution in [0.4, 0.5) is 0 Å². The summed E-state index contributed by atoms with van der Waals surface area (Å²) in [4.78, 5) is 0. The van der Waals surface area contributed by atoms with Crippen molar-refractivity contribution in [3.63, 3.8) is 0 Å². The molecule has 248 valence electrons. The fourth-order valence-corrected chi connectivity index (χ4v) is 6.48. The molecule has 6 aromatic rings. The average Bonchev–Trinajstić information content (AvgIpc) is 3.10. The summed E-state index contributed by atoms with van der Waals surface area (Å²) >= 11 is 0. The van der Waals surface area contributed by atoms with E-state index < -0.39 is 0 Å². The Bertz CT molecular complexity index is 2120. The molecular formula is C43H40O6. The minimum Gasteiger partial charge on any atom is -0.508 e. The van der Waals surface area contributed by atoms with E-state index in [0.717, 1.165) is 11.1 Å². The van der Waals surface area contributed by atoms with E-state index in [1.807, 2.05) is 110 Å². The van der Waals surface area contributed by atoms with Crippen LogP contribution in [0.25, 0.3) is 0 Å². The van der Waals surface area contributed by atoms with E-state index in [9.17, 15) is 30.6 Å². The predicted octanol–water partition coefficient (Wildman–Crippen LogP) is 8.44. The Morgan fingerprint density at radius 3 is 0.796 bits per heavy atom. The zero-order valence-corrected chi connectivity index (χ0v) is 27.4. The summed E-state index contributed by atoms with van der Waals surface area (Å²) in [5, 5.41) is 65.9. The molecule has 0 bridgehead atoms. The van der Waals surface area contributed by atoms with E-state index in [1.165, 1.54) is 0 Å². The van der Waals surface area contributed by atoms with E-state index in [1.54, 1.807) is 12.1 Å². The van der Waals surface area contributed by atoms with E-state index in [2.05, 4.69) is 0 Å². The van der Waals surface area contributed by atoms with Gasteiger partial charge in [-0.15, -0.1) is 0 Å². The molecule has 6 heteroatoms. The second kappa shape index (κ2) is 14.5. The third kappa shape index (κ3) is 7.19. The summed E-state index contributed by atoms with van der Waals surface area (Å²) < 4.78 is 0. The fraction of sp³-hybridized carbons (Fsp3) is 0.163. The Labute approximate surface area is 286 Å². The quantitative estimate of drug-likeness (QED) is 0.0836. The van der Waals surface area contributed by atoms with Crippen LogP contribution >= 0.6 is 0 Å². The summed E-state index contributed by atoms with van der Waals surface area (Å²) in [5.41, 5.74) is 7.54. The average molecular weight is 653 g/mol. The Kier molecular flexibility index (Phi) is 9.77. The number of hydrogen-bond donors (Lipinski definition) is 6. The highest BCUT2D eigenvalue weighted by molar-refractivity contribution is 5.54. The van der Waals surface area contributed by atoms with Gasteiger partial charge in [-0.05, 0) is 73.7 Å². The van der Waals surface area contributed by atoms with Crippen molar-refractivity contribution in [2.24, 2.45) is 0 Å². The molecule has 0 radical (unpaired) electrons. The molecule has 0 saturated carbocycles. The first-order valence-electron chi connectivity index (χ1n) is 16.5. The first-order valence-corrected chi connectivity index (χ1v) is 16.5. The van der Waals surface area contributed by atoms with Gasteiger partial charge in [0.05, 0.1) is 0 Å². The Balaban J connectivity index is 1.20. The maximum Gasteiger partial charge on any atom is 0.122 e. The molecule has 0 atom stereocenters. The molecule has 0 unspecified atom stereocenters. The van der Waals surface area contributed by atoms with E-state index >= 15 is 0 Å². The molecule has 0 aliphatic heterocycles. The predicted molar refractivity (Wildman–Crippen MR) is 192 cm³/mol. The zero-order valence-electron chi connectivity index (χ0n) is 27.4. The van der Waals surface area contributed by atoms with Crippen LogP contribution < -0.4 is 0 Å². The zero-order chi connectivity index (χ0) is 34.5. The molecule has 0 fully saturated rings. The summed E-state index contributed by atoms with van der Waals surface area (Å²) in [6.07, 6.45) is 2.32. The largest absolute Gasteiger partial charge is 0.508 e. The van der Waals surface area contributed by atoms with Crippen LogP contribution in [0.3, 0.4) is 0 Å². The molecule has 49 heavy (non-hydrogen) atoms. The number of aromatic hydroxyl groups is 6. The number of para-hydroxylation sites is 6. The summed E-state index contributed by atoms with van der Waals surface area (Å²) in [5.74, 6) is 0.872. The highest BCUT2D eigenvalue weighted by Gasteiger charge is 2.17. The number of phenols is 6. The van der Waals surface area contributed by atoms with Gasteiger partial charge in [-0.25, -0.2) is 0 Å². The monoisotopic (exact) mass is 652 g/mol. The normalized spacial score (nSPS) is 11.1. The van der Waals surface area contributed by atoms with Crippen molar-refractivity contribution in [2.75, 3.05) is 0 Å². The molecule has 0 saturated heterocycles. The number of hydrogen-bond acceptors (Lipinski definition) is 6. The van der Waals surface area contributed by atoms with Gasteiger partial charge in [-0.3, -0.25) is 0 Å². The lowest BCUT2D eigenvalue weighted by atomic mass is 9.93. The van der Waals surface area contributed by atoms with Gasteiger partial charge >= 0.3 is 0 Å². The molecule has 0 spiro atoms. The molecule has 0 aromatic heterocycles. The molecule has 6 aromatic carbocycles. The molecule has 0 amide bonds. The molecule has 6 nitrogen and oxygen atoms in total. The molecule has 0 aliphatic carbocycles. The lowest BCUT2D eigenvalue weighted by Crippen LogP contribution is -1.99. The Morgan fingerprint density at radius 1 is 0.286 bits per heavy atom. The highest BCUT2D eigenvalue weighted by atomic mass is 16.3. The second-order valence-electron chi connectivity index (χ2n) is 12.5. The van der Waals surface area contributed by atoms with Gasteiger partial charge < -0.3 is 30.6 Å².